The third-order valence-corrected chi connectivity index (χ3v) is 3.88. The minimum absolute atomic E-state index is 0.191. The third-order valence-electron chi connectivity index (χ3n) is 3.88. The molecule has 132 valence electrons. The second kappa shape index (κ2) is 7.23. The van der Waals surface area contributed by atoms with E-state index in [1.165, 1.54) is 24.8 Å². The van der Waals surface area contributed by atoms with Gasteiger partial charge in [0.2, 0.25) is 0 Å². The van der Waals surface area contributed by atoms with Gasteiger partial charge in [0.05, 0.1) is 29.9 Å². The zero-order chi connectivity index (χ0) is 18.7. The van der Waals surface area contributed by atoms with E-state index in [1.54, 1.807) is 12.1 Å². The smallest absolute Gasteiger partial charge is 0.308 e. The summed E-state index contributed by atoms with van der Waals surface area (Å²) in [5, 5.41) is 0.514. The van der Waals surface area contributed by atoms with Crippen molar-refractivity contribution in [2.75, 3.05) is 7.11 Å². The molecule has 26 heavy (non-hydrogen) atoms. The second-order valence-corrected chi connectivity index (χ2v) is 5.62. The molecule has 3 rings (SSSR count). The molecule has 0 fully saturated rings. The number of benzene rings is 1. The molecule has 0 bridgehead atoms. The molecular formula is C20H18N2O4. The van der Waals surface area contributed by atoms with Crippen LogP contribution in [0, 0.1) is 0 Å². The van der Waals surface area contributed by atoms with Gasteiger partial charge in [0.25, 0.3) is 5.56 Å². The molecule has 0 atom stereocenters. The maximum atomic E-state index is 13.2. The molecule has 0 saturated carbocycles. The average Bonchev–Trinajstić information content (AvgIpc) is 2.65. The Morgan fingerprint density at radius 3 is 2.65 bits per heavy atom. The number of allylic oxidation sites excluding steroid dienone is 1. The van der Waals surface area contributed by atoms with Crippen molar-refractivity contribution >= 4 is 17.0 Å². The fourth-order valence-corrected chi connectivity index (χ4v) is 2.79. The molecule has 0 aliphatic heterocycles. The first kappa shape index (κ1) is 17.4. The second-order valence-electron chi connectivity index (χ2n) is 5.62. The van der Waals surface area contributed by atoms with Crippen molar-refractivity contribution < 1.29 is 14.3 Å². The van der Waals surface area contributed by atoms with E-state index < -0.39 is 5.97 Å². The van der Waals surface area contributed by atoms with E-state index in [0.29, 0.717) is 28.0 Å². The summed E-state index contributed by atoms with van der Waals surface area (Å²) < 4.78 is 12.1. The highest BCUT2D eigenvalue weighted by atomic mass is 16.5. The highest BCUT2D eigenvalue weighted by molar-refractivity contribution is 5.88. The summed E-state index contributed by atoms with van der Waals surface area (Å²) >= 11 is 0. The van der Waals surface area contributed by atoms with E-state index in [9.17, 15) is 9.59 Å². The van der Waals surface area contributed by atoms with Crippen molar-refractivity contribution in [2.45, 2.75) is 13.3 Å². The van der Waals surface area contributed by atoms with E-state index in [1.807, 2.05) is 30.3 Å². The predicted octanol–water partition coefficient (Wildman–Crippen LogP) is 3.05. The molecule has 0 spiro atoms. The van der Waals surface area contributed by atoms with Crippen molar-refractivity contribution in [3.63, 3.8) is 0 Å². The number of esters is 1. The average molecular weight is 350 g/mol. The van der Waals surface area contributed by atoms with Gasteiger partial charge in [-0.1, -0.05) is 24.3 Å². The first-order chi connectivity index (χ1) is 12.6. The molecular weight excluding hydrogens is 332 g/mol. The zero-order valence-electron chi connectivity index (χ0n) is 14.6. The largest absolute Gasteiger partial charge is 0.495 e. The van der Waals surface area contributed by atoms with Gasteiger partial charge in [0.15, 0.2) is 11.4 Å². The summed E-state index contributed by atoms with van der Waals surface area (Å²) in [5.74, 6) is 0.168. The van der Waals surface area contributed by atoms with Gasteiger partial charge in [-0.3, -0.25) is 14.2 Å². The molecule has 0 unspecified atom stereocenters. The van der Waals surface area contributed by atoms with Crippen LogP contribution in [0.1, 0.15) is 12.5 Å². The maximum Gasteiger partial charge on any atom is 0.308 e. The Hall–Kier alpha value is -3.41. The third kappa shape index (κ3) is 3.09. The first-order valence-electron chi connectivity index (χ1n) is 8.03. The quantitative estimate of drug-likeness (QED) is 0.522. The summed E-state index contributed by atoms with van der Waals surface area (Å²) in [6.45, 7) is 5.00. The maximum absolute atomic E-state index is 13.2. The van der Waals surface area contributed by atoms with Crippen LogP contribution in [0.15, 0.2) is 60.0 Å². The lowest BCUT2D eigenvalue weighted by atomic mass is 10.1. The van der Waals surface area contributed by atoms with E-state index in [2.05, 4.69) is 11.6 Å². The van der Waals surface area contributed by atoms with Crippen LogP contribution in [0.2, 0.25) is 0 Å². The Morgan fingerprint density at radius 2 is 2.04 bits per heavy atom. The number of para-hydroxylation sites is 1. The van der Waals surface area contributed by atoms with Gasteiger partial charge < -0.3 is 9.47 Å². The van der Waals surface area contributed by atoms with E-state index in [0.717, 1.165) is 0 Å². The van der Waals surface area contributed by atoms with Crippen molar-refractivity contribution in [3.8, 4) is 17.2 Å². The Bertz CT molecular complexity index is 1040. The van der Waals surface area contributed by atoms with Crippen LogP contribution >= 0.6 is 0 Å². The normalized spacial score (nSPS) is 10.5. The molecule has 0 amide bonds. The molecule has 0 radical (unpaired) electrons. The van der Waals surface area contributed by atoms with Gasteiger partial charge in [-0.25, -0.2) is 4.98 Å². The van der Waals surface area contributed by atoms with Crippen LogP contribution in [-0.2, 0) is 11.2 Å². The first-order valence-corrected chi connectivity index (χ1v) is 8.03. The lowest BCUT2D eigenvalue weighted by Gasteiger charge is -2.16. The Morgan fingerprint density at radius 1 is 1.31 bits per heavy atom. The minimum Gasteiger partial charge on any atom is -0.495 e. The molecule has 1 aromatic carbocycles. The number of hydrogen-bond acceptors (Lipinski definition) is 5. The van der Waals surface area contributed by atoms with Crippen LogP contribution in [0.5, 0.6) is 11.5 Å². The van der Waals surface area contributed by atoms with Gasteiger partial charge >= 0.3 is 5.97 Å². The van der Waals surface area contributed by atoms with Gasteiger partial charge in [-0.05, 0) is 24.6 Å². The van der Waals surface area contributed by atoms with Crippen molar-refractivity contribution in [1.29, 1.82) is 0 Å². The van der Waals surface area contributed by atoms with Crippen molar-refractivity contribution in [1.82, 2.24) is 9.55 Å². The Balaban J connectivity index is 2.48. The van der Waals surface area contributed by atoms with Gasteiger partial charge in [-0.15, -0.1) is 6.58 Å². The van der Waals surface area contributed by atoms with Crippen molar-refractivity contribution in [2.24, 2.45) is 0 Å². The standard InChI is InChI=1S/C20H18N2O4/c1-4-8-16-18(26-13(2)23)17-11-15(25-3)12-21-19(17)22(20(16)24)14-9-6-5-7-10-14/h4-7,9-12H,1,8H2,2-3H3. The number of rotatable bonds is 5. The number of methoxy groups -OCH3 is 1. The lowest BCUT2D eigenvalue weighted by molar-refractivity contribution is -0.131. The van der Waals surface area contributed by atoms with Gasteiger partial charge in [0, 0.05) is 6.92 Å². The van der Waals surface area contributed by atoms with Crippen LogP contribution in [0.25, 0.3) is 16.7 Å². The number of fused-ring (bicyclic) bond motifs is 1. The molecule has 0 aliphatic carbocycles. The van der Waals surface area contributed by atoms with E-state index in [-0.39, 0.29) is 17.7 Å². The number of carbonyl (C=O) groups is 1. The number of aromatic nitrogens is 2. The number of pyridine rings is 2. The highest BCUT2D eigenvalue weighted by Gasteiger charge is 2.21. The molecule has 0 aliphatic rings. The summed E-state index contributed by atoms with van der Waals surface area (Å²) in [6.07, 6.45) is 3.37. The van der Waals surface area contributed by atoms with E-state index in [4.69, 9.17) is 9.47 Å². The summed E-state index contributed by atoms with van der Waals surface area (Å²) in [7, 11) is 1.52. The molecule has 3 aromatic rings. The predicted molar refractivity (Wildman–Crippen MR) is 99.1 cm³/mol. The lowest BCUT2D eigenvalue weighted by Crippen LogP contribution is -2.25. The minimum atomic E-state index is -0.517. The zero-order valence-corrected chi connectivity index (χ0v) is 14.6. The Kier molecular flexibility index (Phi) is 4.84. The number of ether oxygens (including phenoxy) is 2. The molecule has 6 nitrogen and oxygen atoms in total. The van der Waals surface area contributed by atoms with Gasteiger partial charge in [0.1, 0.15) is 5.75 Å². The van der Waals surface area contributed by atoms with Crippen LogP contribution < -0.4 is 15.0 Å². The molecule has 0 N–H and O–H groups in total. The monoisotopic (exact) mass is 350 g/mol. The summed E-state index contributed by atoms with van der Waals surface area (Å²) in [4.78, 5) is 29.2. The number of nitrogens with zero attached hydrogens (tertiary/aromatic N) is 2. The van der Waals surface area contributed by atoms with Crippen LogP contribution in [0.3, 0.4) is 0 Å². The number of hydrogen-bond donors (Lipinski definition) is 0. The fraction of sp³-hybridized carbons (Fsp3) is 0.150. The fourth-order valence-electron chi connectivity index (χ4n) is 2.79. The highest BCUT2D eigenvalue weighted by Crippen LogP contribution is 2.31. The Labute approximate surface area is 150 Å². The number of carbonyl (C=O) groups excluding carboxylic acids is 1. The SMILES string of the molecule is C=CCc1c(OC(C)=O)c2cc(OC)cnc2n(-c2ccccc2)c1=O. The molecule has 2 heterocycles. The summed E-state index contributed by atoms with van der Waals surface area (Å²) in [5.41, 5.74) is 1.07. The molecule has 0 saturated heterocycles. The van der Waals surface area contributed by atoms with Crippen molar-refractivity contribution in [3.05, 3.63) is 71.2 Å². The summed E-state index contributed by atoms with van der Waals surface area (Å²) in [6, 6.07) is 10.9. The van der Waals surface area contributed by atoms with Crippen LogP contribution in [-0.4, -0.2) is 22.6 Å². The topological polar surface area (TPSA) is 70.4 Å². The molecule has 2 aromatic heterocycles. The van der Waals surface area contributed by atoms with Crippen LogP contribution in [0.4, 0.5) is 0 Å². The van der Waals surface area contributed by atoms with Gasteiger partial charge in [-0.2, -0.15) is 0 Å². The molecule has 6 heteroatoms. The van der Waals surface area contributed by atoms with E-state index >= 15 is 0 Å².